The van der Waals surface area contributed by atoms with Crippen LogP contribution in [0.4, 0.5) is 4.79 Å². The summed E-state index contributed by atoms with van der Waals surface area (Å²) in [5.74, 6) is 1.67. The lowest BCUT2D eigenvalue weighted by Crippen LogP contribution is -2.61. The Bertz CT molecular complexity index is 1150. The molecule has 0 aliphatic carbocycles. The monoisotopic (exact) mass is 547 g/mol. The van der Waals surface area contributed by atoms with E-state index in [1.54, 1.807) is 0 Å². The molecule has 0 saturated carbocycles. The molecule has 3 amide bonds. The molecule has 0 bridgehead atoms. The first-order chi connectivity index (χ1) is 19.6. The van der Waals surface area contributed by atoms with Crippen molar-refractivity contribution in [1.82, 2.24) is 15.1 Å². The summed E-state index contributed by atoms with van der Waals surface area (Å²) < 4.78 is 12.4. The number of nitrogens with zero attached hydrogens (tertiary/aromatic N) is 2. The van der Waals surface area contributed by atoms with Gasteiger partial charge in [0.2, 0.25) is 5.91 Å². The number of amides is 3. The highest BCUT2D eigenvalue weighted by Crippen LogP contribution is 2.46. The number of hydrogen-bond acceptors (Lipinski definition) is 4. The fourth-order valence-corrected chi connectivity index (χ4v) is 6.50. The Morgan fingerprint density at radius 2 is 1.73 bits per heavy atom. The second-order valence-corrected chi connectivity index (χ2v) is 11.4. The number of carbonyl (C=O) groups excluding carboxylic acids is 2. The maximum absolute atomic E-state index is 13.8. The summed E-state index contributed by atoms with van der Waals surface area (Å²) in [6, 6.07) is 14.3. The third-order valence-corrected chi connectivity index (χ3v) is 8.71. The van der Waals surface area contributed by atoms with Gasteiger partial charge in [0.15, 0.2) is 11.5 Å². The number of rotatable bonds is 11. The molecule has 0 aromatic heterocycles. The fourth-order valence-electron chi connectivity index (χ4n) is 6.50. The van der Waals surface area contributed by atoms with Gasteiger partial charge in [-0.3, -0.25) is 4.79 Å². The number of urea groups is 1. The third-order valence-electron chi connectivity index (χ3n) is 8.71. The van der Waals surface area contributed by atoms with Crippen LogP contribution in [0.1, 0.15) is 81.5 Å². The topological polar surface area (TPSA) is 71.1 Å². The van der Waals surface area contributed by atoms with Crippen molar-refractivity contribution in [3.8, 4) is 11.5 Å². The molecule has 40 heavy (non-hydrogen) atoms. The van der Waals surface area contributed by atoms with E-state index in [-0.39, 0.29) is 29.9 Å². The third kappa shape index (κ3) is 6.24. The van der Waals surface area contributed by atoms with E-state index >= 15 is 0 Å². The highest BCUT2D eigenvalue weighted by Gasteiger charge is 2.48. The van der Waals surface area contributed by atoms with Crippen molar-refractivity contribution >= 4 is 11.9 Å². The summed E-state index contributed by atoms with van der Waals surface area (Å²) in [7, 11) is 0. The Kier molecular flexibility index (Phi) is 9.50. The smallest absolute Gasteiger partial charge is 0.317 e. The van der Waals surface area contributed by atoms with E-state index in [1.165, 1.54) is 11.1 Å². The predicted octanol–water partition coefficient (Wildman–Crippen LogP) is 5.91. The van der Waals surface area contributed by atoms with E-state index in [9.17, 15) is 9.59 Å². The maximum Gasteiger partial charge on any atom is 0.317 e. The van der Waals surface area contributed by atoms with Crippen LogP contribution in [0.2, 0.25) is 0 Å². The molecule has 3 heterocycles. The van der Waals surface area contributed by atoms with Gasteiger partial charge in [0.25, 0.3) is 0 Å². The average molecular weight is 548 g/mol. The number of fused-ring (bicyclic) bond motifs is 4. The van der Waals surface area contributed by atoms with E-state index in [0.29, 0.717) is 32.8 Å². The van der Waals surface area contributed by atoms with Crippen LogP contribution in [0.3, 0.4) is 0 Å². The number of piperidine rings is 2. The zero-order valence-corrected chi connectivity index (χ0v) is 24.2. The minimum atomic E-state index is -0.122. The highest BCUT2D eigenvalue weighted by molar-refractivity contribution is 5.83. The Morgan fingerprint density at radius 1 is 1.00 bits per heavy atom. The van der Waals surface area contributed by atoms with Gasteiger partial charge in [-0.05, 0) is 73.8 Å². The molecule has 2 saturated heterocycles. The lowest BCUT2D eigenvalue weighted by Gasteiger charge is -2.51. The first kappa shape index (κ1) is 28.3. The molecule has 0 unspecified atom stereocenters. The summed E-state index contributed by atoms with van der Waals surface area (Å²) in [5, 5.41) is 3.14. The van der Waals surface area contributed by atoms with E-state index in [1.807, 2.05) is 23.1 Å². The minimum absolute atomic E-state index is 0.0477. The molecule has 3 aliphatic rings. The molecule has 1 N–H and O–H groups in total. The van der Waals surface area contributed by atoms with Gasteiger partial charge in [0.05, 0.1) is 25.2 Å². The Hall–Kier alpha value is -3.22. The van der Waals surface area contributed by atoms with E-state index < -0.39 is 0 Å². The van der Waals surface area contributed by atoms with Crippen molar-refractivity contribution in [2.45, 2.75) is 83.7 Å². The Balaban J connectivity index is 1.34. The summed E-state index contributed by atoms with van der Waals surface area (Å²) in [4.78, 5) is 31.2. The van der Waals surface area contributed by atoms with Crippen molar-refractivity contribution in [1.29, 1.82) is 0 Å². The molecule has 5 rings (SSSR count). The fraction of sp³-hybridized carbons (Fsp3) is 0.576. The first-order valence-corrected chi connectivity index (χ1v) is 15.4. The van der Waals surface area contributed by atoms with Gasteiger partial charge in [-0.2, -0.15) is 0 Å². The van der Waals surface area contributed by atoms with Gasteiger partial charge >= 0.3 is 6.03 Å². The zero-order chi connectivity index (χ0) is 27.9. The van der Waals surface area contributed by atoms with Crippen molar-refractivity contribution in [2.75, 3.05) is 32.8 Å². The molecule has 7 heteroatoms. The van der Waals surface area contributed by atoms with Gasteiger partial charge in [-0.25, -0.2) is 4.79 Å². The van der Waals surface area contributed by atoms with Crippen molar-refractivity contribution in [2.24, 2.45) is 5.92 Å². The molecular weight excluding hydrogens is 502 g/mol. The second-order valence-electron chi connectivity index (χ2n) is 11.4. The molecule has 7 nitrogen and oxygen atoms in total. The number of nitrogens with one attached hydrogen (secondary N) is 1. The normalized spacial score (nSPS) is 21.8. The second kappa shape index (κ2) is 13.4. The lowest BCUT2D eigenvalue weighted by atomic mass is 9.76. The summed E-state index contributed by atoms with van der Waals surface area (Å²) in [6.07, 6.45) is 8.22. The van der Waals surface area contributed by atoms with Crippen molar-refractivity contribution in [3.05, 3.63) is 59.2 Å². The lowest BCUT2D eigenvalue weighted by molar-refractivity contribution is -0.148. The largest absolute Gasteiger partial charge is 0.490 e. The first-order valence-electron chi connectivity index (χ1n) is 15.4. The quantitative estimate of drug-likeness (QED) is 0.355. The van der Waals surface area contributed by atoms with Gasteiger partial charge in [0.1, 0.15) is 0 Å². The number of carbonyl (C=O) groups is 2. The molecule has 3 atom stereocenters. The Labute approximate surface area is 239 Å². The van der Waals surface area contributed by atoms with Crippen LogP contribution in [0.5, 0.6) is 11.5 Å². The summed E-state index contributed by atoms with van der Waals surface area (Å²) in [5.41, 5.74) is 3.59. The van der Waals surface area contributed by atoms with Gasteiger partial charge < -0.3 is 24.6 Å². The molecule has 0 radical (unpaired) electrons. The standard InChI is InChI=1S/C33H45N3O4/c1-3-5-19-39-30-21-25-15-18-35-29(27(25)22-31(30)40-20-6-4-2)23-28-26(32(35)37)13-10-17-36(28)33(38)34-16-14-24-11-8-7-9-12-24/h7-9,11-12,21-22,26,28-29H,3-6,10,13-20,23H2,1-2H3,(H,34,38)/t26-,28-,29-/m0/s1. The molecule has 2 aromatic rings. The molecule has 0 spiro atoms. The minimum Gasteiger partial charge on any atom is -0.490 e. The van der Waals surface area contributed by atoms with Crippen molar-refractivity contribution < 1.29 is 19.1 Å². The molecule has 2 fully saturated rings. The molecular formula is C33H45N3O4. The number of hydrogen-bond donors (Lipinski definition) is 1. The number of unbranched alkanes of at least 4 members (excludes halogenated alkanes) is 2. The Morgan fingerprint density at radius 3 is 2.45 bits per heavy atom. The molecule has 216 valence electrons. The van der Waals surface area contributed by atoms with E-state index in [2.05, 4.69) is 48.3 Å². The van der Waals surface area contributed by atoms with Gasteiger partial charge in [-0.15, -0.1) is 0 Å². The number of benzene rings is 2. The van der Waals surface area contributed by atoms with Crippen LogP contribution in [-0.4, -0.2) is 60.6 Å². The maximum atomic E-state index is 13.8. The predicted molar refractivity (Wildman–Crippen MR) is 157 cm³/mol. The van der Waals surface area contributed by atoms with Crippen LogP contribution in [0, 0.1) is 5.92 Å². The van der Waals surface area contributed by atoms with Crippen LogP contribution < -0.4 is 14.8 Å². The SMILES string of the molecule is CCCCOc1cc2c(cc1OCCCC)[C@@H]1C[C@H]3[C@H](CCCN3C(=O)NCCc3ccccc3)C(=O)N1CC2. The van der Waals surface area contributed by atoms with Crippen molar-refractivity contribution in [3.63, 3.8) is 0 Å². The highest BCUT2D eigenvalue weighted by atomic mass is 16.5. The van der Waals surface area contributed by atoms with Crippen LogP contribution in [0.15, 0.2) is 42.5 Å². The van der Waals surface area contributed by atoms with Gasteiger partial charge in [-0.1, -0.05) is 57.0 Å². The summed E-state index contributed by atoms with van der Waals surface area (Å²) >= 11 is 0. The summed E-state index contributed by atoms with van der Waals surface area (Å²) in [6.45, 7) is 7.63. The molecule has 3 aliphatic heterocycles. The van der Waals surface area contributed by atoms with Crippen LogP contribution >= 0.6 is 0 Å². The van der Waals surface area contributed by atoms with E-state index in [0.717, 1.165) is 74.8 Å². The zero-order valence-electron chi connectivity index (χ0n) is 24.2. The van der Waals surface area contributed by atoms with E-state index in [4.69, 9.17) is 9.47 Å². The van der Waals surface area contributed by atoms with Crippen LogP contribution in [0.25, 0.3) is 0 Å². The number of likely N-dealkylation sites (tertiary alicyclic amines) is 1. The van der Waals surface area contributed by atoms with Gasteiger partial charge in [0, 0.05) is 25.7 Å². The van der Waals surface area contributed by atoms with Crippen LogP contribution in [-0.2, 0) is 17.6 Å². The average Bonchev–Trinajstić information content (AvgIpc) is 2.98. The molecule has 2 aromatic carbocycles. The number of ether oxygens (including phenoxy) is 2.